The number of rotatable bonds is 4. The average Bonchev–Trinajstić information content (AvgIpc) is 3.02. The maximum Gasteiger partial charge on any atom is 0.115 e. The van der Waals surface area contributed by atoms with E-state index in [-0.39, 0.29) is 5.41 Å². The molecule has 2 aliphatic rings. The third-order valence-electron chi connectivity index (χ3n) is 6.40. The normalized spacial score (nSPS) is 30.7. The molecule has 1 aromatic rings. The number of likely N-dealkylation sites (tertiary alicyclic amines) is 1. The Labute approximate surface area is 135 Å². The van der Waals surface area contributed by atoms with Crippen molar-refractivity contribution in [2.75, 3.05) is 19.6 Å². The van der Waals surface area contributed by atoms with Crippen LogP contribution in [0.25, 0.3) is 0 Å². The lowest BCUT2D eigenvalue weighted by atomic mass is 9.68. The summed E-state index contributed by atoms with van der Waals surface area (Å²) in [6.45, 7) is 8.43. The number of phenolic OH excluding ortho intramolecular Hbond substituents is 1. The van der Waals surface area contributed by atoms with Crippen molar-refractivity contribution in [1.29, 1.82) is 0 Å². The Bertz CT molecular complexity index is 494. The molecule has 0 aromatic heterocycles. The van der Waals surface area contributed by atoms with Crippen LogP contribution in [0.15, 0.2) is 24.3 Å². The minimum Gasteiger partial charge on any atom is -0.508 e. The Morgan fingerprint density at radius 1 is 1.27 bits per heavy atom. The van der Waals surface area contributed by atoms with Gasteiger partial charge in [-0.2, -0.15) is 0 Å². The summed E-state index contributed by atoms with van der Waals surface area (Å²) in [5.41, 5.74) is 1.50. The minimum atomic E-state index is 0.197. The summed E-state index contributed by atoms with van der Waals surface area (Å²) in [5, 5.41) is 9.79. The van der Waals surface area contributed by atoms with E-state index in [2.05, 4.69) is 24.8 Å². The molecule has 1 saturated carbocycles. The van der Waals surface area contributed by atoms with Crippen molar-refractivity contribution in [3.05, 3.63) is 29.8 Å². The van der Waals surface area contributed by atoms with Crippen LogP contribution >= 0.6 is 0 Å². The minimum absolute atomic E-state index is 0.197. The molecule has 1 aliphatic heterocycles. The van der Waals surface area contributed by atoms with Crippen molar-refractivity contribution in [3.63, 3.8) is 0 Å². The van der Waals surface area contributed by atoms with Crippen LogP contribution in [0.2, 0.25) is 0 Å². The summed E-state index contributed by atoms with van der Waals surface area (Å²) < 4.78 is 0. The molecule has 0 spiro atoms. The van der Waals surface area contributed by atoms with E-state index in [9.17, 15) is 5.11 Å². The Morgan fingerprint density at radius 3 is 2.73 bits per heavy atom. The summed E-state index contributed by atoms with van der Waals surface area (Å²) in [6, 6.07) is 7.90. The SMILES string of the molecule is C[C@@H]1CN(CCC2CCCC2)CC[C@]1(C)c1cccc(O)c1. The first-order valence-corrected chi connectivity index (χ1v) is 9.10. The fourth-order valence-corrected chi connectivity index (χ4v) is 4.47. The first kappa shape index (κ1) is 15.9. The van der Waals surface area contributed by atoms with Gasteiger partial charge in [0, 0.05) is 6.54 Å². The molecular formula is C20H31NO. The van der Waals surface area contributed by atoms with Gasteiger partial charge in [-0.1, -0.05) is 51.7 Å². The summed E-state index contributed by atoms with van der Waals surface area (Å²) in [6.07, 6.45) is 8.43. The molecule has 2 heteroatoms. The Hall–Kier alpha value is -1.02. The second-order valence-corrected chi connectivity index (χ2v) is 7.86. The maximum atomic E-state index is 9.79. The van der Waals surface area contributed by atoms with E-state index in [0.717, 1.165) is 5.92 Å². The molecule has 2 fully saturated rings. The molecule has 3 rings (SSSR count). The number of hydrogen-bond acceptors (Lipinski definition) is 2. The topological polar surface area (TPSA) is 23.5 Å². The van der Waals surface area contributed by atoms with E-state index in [0.29, 0.717) is 11.7 Å². The molecule has 1 heterocycles. The first-order valence-electron chi connectivity index (χ1n) is 9.10. The van der Waals surface area contributed by atoms with E-state index < -0.39 is 0 Å². The number of aromatic hydroxyl groups is 1. The van der Waals surface area contributed by atoms with E-state index in [1.165, 1.54) is 63.7 Å². The Balaban J connectivity index is 1.59. The molecule has 1 saturated heterocycles. The highest BCUT2D eigenvalue weighted by Crippen LogP contribution is 2.40. The van der Waals surface area contributed by atoms with E-state index in [1.54, 1.807) is 6.07 Å². The van der Waals surface area contributed by atoms with Gasteiger partial charge in [0.15, 0.2) is 0 Å². The van der Waals surface area contributed by atoms with Crippen LogP contribution in [-0.2, 0) is 5.41 Å². The lowest BCUT2D eigenvalue weighted by Gasteiger charge is -2.45. The van der Waals surface area contributed by atoms with Gasteiger partial charge in [-0.3, -0.25) is 0 Å². The van der Waals surface area contributed by atoms with Gasteiger partial charge < -0.3 is 10.0 Å². The van der Waals surface area contributed by atoms with Crippen molar-refractivity contribution in [1.82, 2.24) is 4.90 Å². The highest BCUT2D eigenvalue weighted by molar-refractivity contribution is 5.33. The zero-order valence-electron chi connectivity index (χ0n) is 14.2. The summed E-state index contributed by atoms with van der Waals surface area (Å²) in [4.78, 5) is 2.67. The first-order chi connectivity index (χ1) is 10.6. The van der Waals surface area contributed by atoms with Gasteiger partial charge in [0.1, 0.15) is 5.75 Å². The number of piperidine rings is 1. The van der Waals surface area contributed by atoms with Gasteiger partial charge in [0.2, 0.25) is 0 Å². The van der Waals surface area contributed by atoms with Gasteiger partial charge in [0.25, 0.3) is 0 Å². The number of nitrogens with zero attached hydrogens (tertiary/aromatic N) is 1. The highest BCUT2D eigenvalue weighted by Gasteiger charge is 2.38. The second-order valence-electron chi connectivity index (χ2n) is 7.86. The number of benzene rings is 1. The smallest absolute Gasteiger partial charge is 0.115 e. The summed E-state index contributed by atoms with van der Waals surface area (Å²) in [5.74, 6) is 2.02. The molecule has 0 bridgehead atoms. The standard InChI is InChI=1S/C20H31NO/c1-16-15-21(12-10-17-6-3-4-7-17)13-11-20(16,2)18-8-5-9-19(22)14-18/h5,8-9,14,16-17,22H,3-4,6-7,10-13,15H2,1-2H3/t16-,20+/m1/s1. The van der Waals surface area contributed by atoms with Gasteiger partial charge in [-0.15, -0.1) is 0 Å². The van der Waals surface area contributed by atoms with Crippen LogP contribution in [0.3, 0.4) is 0 Å². The number of phenols is 1. The zero-order chi connectivity index (χ0) is 15.6. The Kier molecular flexibility index (Phi) is 4.77. The Morgan fingerprint density at radius 2 is 2.05 bits per heavy atom. The van der Waals surface area contributed by atoms with Crippen molar-refractivity contribution in [3.8, 4) is 5.75 Å². The molecule has 1 N–H and O–H groups in total. The van der Waals surface area contributed by atoms with Gasteiger partial charge >= 0.3 is 0 Å². The maximum absolute atomic E-state index is 9.79. The molecule has 2 atom stereocenters. The lowest BCUT2D eigenvalue weighted by Crippen LogP contribution is -2.47. The molecule has 0 unspecified atom stereocenters. The fourth-order valence-electron chi connectivity index (χ4n) is 4.47. The number of hydrogen-bond donors (Lipinski definition) is 1. The second kappa shape index (κ2) is 6.62. The molecule has 22 heavy (non-hydrogen) atoms. The van der Waals surface area contributed by atoms with Crippen molar-refractivity contribution < 1.29 is 5.11 Å². The van der Waals surface area contributed by atoms with Crippen LogP contribution < -0.4 is 0 Å². The van der Waals surface area contributed by atoms with Gasteiger partial charge in [-0.25, -0.2) is 0 Å². The molecule has 2 nitrogen and oxygen atoms in total. The van der Waals surface area contributed by atoms with Crippen LogP contribution in [0.4, 0.5) is 0 Å². The quantitative estimate of drug-likeness (QED) is 0.880. The van der Waals surface area contributed by atoms with E-state index >= 15 is 0 Å². The average molecular weight is 301 g/mol. The molecular weight excluding hydrogens is 270 g/mol. The zero-order valence-corrected chi connectivity index (χ0v) is 14.2. The van der Waals surface area contributed by atoms with Gasteiger partial charge in [0.05, 0.1) is 0 Å². The van der Waals surface area contributed by atoms with Crippen molar-refractivity contribution >= 4 is 0 Å². The van der Waals surface area contributed by atoms with Crippen molar-refractivity contribution in [2.24, 2.45) is 11.8 Å². The van der Waals surface area contributed by atoms with Crippen LogP contribution in [0, 0.1) is 11.8 Å². The monoisotopic (exact) mass is 301 g/mol. The molecule has 1 aromatic carbocycles. The third kappa shape index (κ3) is 3.32. The largest absolute Gasteiger partial charge is 0.508 e. The predicted molar refractivity (Wildman–Crippen MR) is 92.3 cm³/mol. The molecule has 122 valence electrons. The van der Waals surface area contributed by atoms with Gasteiger partial charge in [-0.05, 0) is 60.9 Å². The molecule has 0 radical (unpaired) electrons. The van der Waals surface area contributed by atoms with Crippen LogP contribution in [-0.4, -0.2) is 29.6 Å². The van der Waals surface area contributed by atoms with E-state index in [1.807, 2.05) is 12.1 Å². The predicted octanol–water partition coefficient (Wildman–Crippen LogP) is 4.57. The van der Waals surface area contributed by atoms with E-state index in [4.69, 9.17) is 0 Å². The van der Waals surface area contributed by atoms with Crippen LogP contribution in [0.1, 0.15) is 57.9 Å². The van der Waals surface area contributed by atoms with Crippen molar-refractivity contribution in [2.45, 2.75) is 57.8 Å². The molecule has 1 aliphatic carbocycles. The molecule has 0 amide bonds. The summed E-state index contributed by atoms with van der Waals surface area (Å²) >= 11 is 0. The lowest BCUT2D eigenvalue weighted by molar-refractivity contribution is 0.106. The van der Waals surface area contributed by atoms with Crippen LogP contribution in [0.5, 0.6) is 5.75 Å². The fraction of sp³-hybridized carbons (Fsp3) is 0.700. The highest BCUT2D eigenvalue weighted by atomic mass is 16.3. The third-order valence-corrected chi connectivity index (χ3v) is 6.40. The summed E-state index contributed by atoms with van der Waals surface area (Å²) in [7, 11) is 0.